The Labute approximate surface area is 205 Å². The Morgan fingerprint density at radius 2 is 1.69 bits per heavy atom. The van der Waals surface area contributed by atoms with E-state index in [1.807, 2.05) is 50.7 Å². The van der Waals surface area contributed by atoms with E-state index >= 15 is 0 Å². The molecular weight excluding hydrogens is 436 g/mol. The molecule has 3 heterocycles. The third-order valence-electron chi connectivity index (χ3n) is 6.67. The van der Waals surface area contributed by atoms with Crippen LogP contribution < -0.4 is 10.6 Å². The van der Waals surface area contributed by atoms with Crippen molar-refractivity contribution >= 4 is 17.5 Å². The first-order chi connectivity index (χ1) is 16.7. The van der Waals surface area contributed by atoms with Gasteiger partial charge in [-0.3, -0.25) is 9.78 Å². The van der Waals surface area contributed by atoms with Crippen molar-refractivity contribution in [3.05, 3.63) is 76.0 Å². The van der Waals surface area contributed by atoms with Crippen LogP contribution in [0.3, 0.4) is 0 Å². The number of benzene rings is 2. The monoisotopic (exact) mass is 466 g/mol. The van der Waals surface area contributed by atoms with Gasteiger partial charge in [0.1, 0.15) is 0 Å². The summed E-state index contributed by atoms with van der Waals surface area (Å²) in [4.78, 5) is 21.7. The summed E-state index contributed by atoms with van der Waals surface area (Å²) in [5, 5.41) is 11.2. The molecule has 4 aromatic rings. The Morgan fingerprint density at radius 3 is 2.40 bits per heavy atom. The number of carbonyl (C=O) groups is 1. The topological polar surface area (TPSA) is 84.7 Å². The second-order valence-corrected chi connectivity index (χ2v) is 9.35. The number of fused-ring (bicyclic) bond motifs is 1. The highest BCUT2D eigenvalue weighted by Gasteiger charge is 2.26. The van der Waals surface area contributed by atoms with Gasteiger partial charge >= 0.3 is 0 Å². The Bertz CT molecular complexity index is 1450. The number of amides is 1. The zero-order valence-electron chi connectivity index (χ0n) is 21.0. The summed E-state index contributed by atoms with van der Waals surface area (Å²) in [7, 11) is 0. The molecule has 0 bridgehead atoms. The van der Waals surface area contributed by atoms with E-state index in [0.29, 0.717) is 18.3 Å². The van der Waals surface area contributed by atoms with Crippen molar-refractivity contribution < 1.29 is 4.79 Å². The van der Waals surface area contributed by atoms with E-state index in [4.69, 9.17) is 10.1 Å². The van der Waals surface area contributed by atoms with Gasteiger partial charge in [0.05, 0.1) is 11.7 Å². The van der Waals surface area contributed by atoms with E-state index in [9.17, 15) is 4.79 Å². The van der Waals surface area contributed by atoms with Crippen molar-refractivity contribution in [2.75, 3.05) is 5.32 Å². The van der Waals surface area contributed by atoms with E-state index in [2.05, 4.69) is 53.7 Å². The van der Waals surface area contributed by atoms with Crippen LogP contribution in [-0.2, 0) is 6.54 Å². The molecule has 0 radical (unpaired) electrons. The van der Waals surface area contributed by atoms with Gasteiger partial charge in [0.15, 0.2) is 5.82 Å². The van der Waals surface area contributed by atoms with Gasteiger partial charge in [-0.05, 0) is 99.7 Å². The summed E-state index contributed by atoms with van der Waals surface area (Å²) in [6.45, 7) is 12.9. The fourth-order valence-corrected chi connectivity index (χ4v) is 4.62. The van der Waals surface area contributed by atoms with Crippen molar-refractivity contribution in [1.82, 2.24) is 25.1 Å². The minimum absolute atomic E-state index is 0.00888. The van der Waals surface area contributed by atoms with Gasteiger partial charge in [-0.2, -0.15) is 4.98 Å². The number of hydrogen-bond donors (Lipinski definition) is 2. The number of pyridine rings is 1. The molecule has 7 heteroatoms. The van der Waals surface area contributed by atoms with Crippen LogP contribution in [0.4, 0.5) is 11.6 Å². The highest BCUT2D eigenvalue weighted by molar-refractivity contribution is 6.00. The van der Waals surface area contributed by atoms with Crippen molar-refractivity contribution in [1.29, 1.82) is 0 Å². The van der Waals surface area contributed by atoms with E-state index in [1.165, 1.54) is 0 Å². The quantitative estimate of drug-likeness (QED) is 0.388. The summed E-state index contributed by atoms with van der Waals surface area (Å²) in [6, 6.07) is 12.4. The van der Waals surface area contributed by atoms with Crippen LogP contribution in [0.5, 0.6) is 0 Å². The first-order valence-corrected chi connectivity index (χ1v) is 12.0. The maximum Gasteiger partial charge on any atom is 0.252 e. The van der Waals surface area contributed by atoms with Gasteiger partial charge in [0, 0.05) is 35.1 Å². The Hall–Kier alpha value is -4.00. The Morgan fingerprint density at radius 1 is 0.971 bits per heavy atom. The van der Waals surface area contributed by atoms with Crippen LogP contribution >= 0.6 is 0 Å². The van der Waals surface area contributed by atoms with Crippen LogP contribution in [0.1, 0.15) is 58.1 Å². The summed E-state index contributed by atoms with van der Waals surface area (Å²) in [6.07, 6.45) is 1.90. The number of aromatic nitrogens is 4. The summed E-state index contributed by atoms with van der Waals surface area (Å²) < 4.78 is 1.87. The maximum absolute atomic E-state index is 12.2. The van der Waals surface area contributed by atoms with Crippen molar-refractivity contribution in [3.8, 4) is 22.6 Å². The molecule has 35 heavy (non-hydrogen) atoms. The van der Waals surface area contributed by atoms with E-state index in [1.54, 1.807) is 0 Å². The lowest BCUT2D eigenvalue weighted by Gasteiger charge is -2.12. The van der Waals surface area contributed by atoms with Gasteiger partial charge < -0.3 is 10.6 Å². The highest BCUT2D eigenvalue weighted by Crippen LogP contribution is 2.33. The molecule has 1 atom stereocenters. The predicted octanol–water partition coefficient (Wildman–Crippen LogP) is 5.81. The minimum Gasteiger partial charge on any atom is -0.345 e. The van der Waals surface area contributed by atoms with Gasteiger partial charge in [0.25, 0.3) is 5.91 Å². The molecule has 2 aromatic heterocycles. The van der Waals surface area contributed by atoms with Crippen LogP contribution in [-0.4, -0.2) is 25.7 Å². The van der Waals surface area contributed by atoms with Crippen LogP contribution in [0.25, 0.3) is 22.6 Å². The van der Waals surface area contributed by atoms with Crippen LogP contribution in [0.15, 0.2) is 42.6 Å². The standard InChI is InChI=1S/C28H30N6O/c1-7-34-28(31-25-13-22-19(6)30-27(35)23(22)12-18(25)5)32-26(33-34)21-11-16(3)20(10-17(21)4)24-9-8-15(2)14-29-24/h8-14,19H,7H2,1-6H3,(H,30,35)(H,31,32,33). The molecule has 7 nitrogen and oxygen atoms in total. The van der Waals surface area contributed by atoms with Crippen LogP contribution in [0, 0.1) is 27.7 Å². The zero-order valence-corrected chi connectivity index (χ0v) is 21.0. The Kier molecular flexibility index (Phi) is 5.63. The third kappa shape index (κ3) is 4.07. The molecule has 2 N–H and O–H groups in total. The number of anilines is 2. The lowest BCUT2D eigenvalue weighted by atomic mass is 9.97. The minimum atomic E-state index is -0.0173. The highest BCUT2D eigenvalue weighted by atomic mass is 16.2. The average Bonchev–Trinajstić information content (AvgIpc) is 3.36. The molecule has 1 unspecified atom stereocenters. The molecule has 0 saturated carbocycles. The molecule has 0 aliphatic carbocycles. The fourth-order valence-electron chi connectivity index (χ4n) is 4.62. The van der Waals surface area contributed by atoms with Gasteiger partial charge in [0.2, 0.25) is 5.95 Å². The second kappa shape index (κ2) is 8.65. The van der Waals surface area contributed by atoms with Gasteiger partial charge in [-0.1, -0.05) is 6.07 Å². The number of hydrogen-bond acceptors (Lipinski definition) is 5. The number of aryl methyl sites for hydroxylation is 5. The second-order valence-electron chi connectivity index (χ2n) is 9.35. The summed E-state index contributed by atoms with van der Waals surface area (Å²) in [5.74, 6) is 1.34. The molecule has 5 rings (SSSR count). The van der Waals surface area contributed by atoms with Crippen LogP contribution in [0.2, 0.25) is 0 Å². The molecule has 178 valence electrons. The third-order valence-corrected chi connectivity index (χ3v) is 6.67. The Balaban J connectivity index is 1.50. The first-order valence-electron chi connectivity index (χ1n) is 12.0. The predicted molar refractivity (Wildman–Crippen MR) is 139 cm³/mol. The zero-order chi connectivity index (χ0) is 24.9. The van der Waals surface area contributed by atoms with Crippen molar-refractivity contribution in [2.24, 2.45) is 0 Å². The van der Waals surface area contributed by atoms with E-state index < -0.39 is 0 Å². The molecule has 1 aliphatic rings. The smallest absolute Gasteiger partial charge is 0.252 e. The molecule has 1 aliphatic heterocycles. The fraction of sp³-hybridized carbons (Fsp3) is 0.286. The lowest BCUT2D eigenvalue weighted by Crippen LogP contribution is -2.16. The van der Waals surface area contributed by atoms with Gasteiger partial charge in [-0.25, -0.2) is 4.68 Å². The number of carbonyl (C=O) groups excluding carboxylic acids is 1. The molecule has 1 amide bonds. The lowest BCUT2D eigenvalue weighted by molar-refractivity contribution is 0.0958. The molecule has 2 aromatic carbocycles. The summed E-state index contributed by atoms with van der Waals surface area (Å²) in [5.41, 5.74) is 10.1. The molecular formula is C28H30N6O. The maximum atomic E-state index is 12.2. The SMILES string of the molecule is CCn1nc(-c2cc(C)c(-c3ccc(C)cn3)cc2C)nc1Nc1cc2c(cc1C)C(=O)NC2C. The van der Waals surface area contributed by atoms with E-state index in [-0.39, 0.29) is 11.9 Å². The molecule has 0 saturated heterocycles. The number of rotatable bonds is 5. The largest absolute Gasteiger partial charge is 0.345 e. The van der Waals surface area contributed by atoms with Gasteiger partial charge in [-0.15, -0.1) is 5.10 Å². The number of nitrogens with zero attached hydrogens (tertiary/aromatic N) is 4. The van der Waals surface area contributed by atoms with E-state index in [0.717, 1.165) is 55.9 Å². The number of nitrogens with one attached hydrogen (secondary N) is 2. The average molecular weight is 467 g/mol. The van der Waals surface area contributed by atoms with Crippen molar-refractivity contribution in [2.45, 2.75) is 54.1 Å². The molecule has 0 spiro atoms. The van der Waals surface area contributed by atoms with Crippen molar-refractivity contribution in [3.63, 3.8) is 0 Å². The molecule has 0 fully saturated rings. The normalized spacial score (nSPS) is 14.7. The first kappa shape index (κ1) is 22.8. The summed E-state index contributed by atoms with van der Waals surface area (Å²) >= 11 is 0.